The molecule has 2 saturated carbocycles. The lowest BCUT2D eigenvalue weighted by molar-refractivity contribution is 0.0956. The highest BCUT2D eigenvalue weighted by Crippen LogP contribution is 2.56. The number of hydrogen-bond donors (Lipinski definition) is 0. The summed E-state index contributed by atoms with van der Waals surface area (Å²) in [7, 11) is 0. The topological polar surface area (TPSA) is 17.1 Å². The van der Waals surface area contributed by atoms with E-state index >= 15 is 0 Å². The van der Waals surface area contributed by atoms with E-state index < -0.39 is 0 Å². The van der Waals surface area contributed by atoms with Crippen molar-refractivity contribution in [3.05, 3.63) is 34.1 Å². The number of carbonyl (C=O) groups is 1. The molecule has 3 heteroatoms. The first-order valence-electron chi connectivity index (χ1n) is 6.18. The maximum atomic E-state index is 13.1. The van der Waals surface area contributed by atoms with Gasteiger partial charge < -0.3 is 0 Å². The predicted octanol–water partition coefficient (Wildman–Crippen LogP) is 4.21. The number of hydrogen-bond acceptors (Lipinski definition) is 1. The van der Waals surface area contributed by atoms with E-state index in [-0.39, 0.29) is 17.5 Å². The monoisotopic (exact) mass is 296 g/mol. The van der Waals surface area contributed by atoms with Gasteiger partial charge in [-0.2, -0.15) is 0 Å². The van der Waals surface area contributed by atoms with Crippen molar-refractivity contribution in [2.45, 2.75) is 25.7 Å². The highest BCUT2D eigenvalue weighted by Gasteiger charge is 2.54. The van der Waals surface area contributed by atoms with Crippen molar-refractivity contribution < 1.29 is 9.18 Å². The van der Waals surface area contributed by atoms with E-state index in [1.807, 2.05) is 0 Å². The third-order valence-corrected chi connectivity index (χ3v) is 4.77. The number of carbonyl (C=O) groups excluding carboxylic acids is 1. The first kappa shape index (κ1) is 11.4. The average Bonchev–Trinajstić information content (AvgIpc) is 3.06. The van der Waals surface area contributed by atoms with Crippen LogP contribution in [0.3, 0.4) is 0 Å². The van der Waals surface area contributed by atoms with E-state index in [0.29, 0.717) is 21.9 Å². The second-order valence-electron chi connectivity index (χ2n) is 5.13. The smallest absolute Gasteiger partial charge is 0.166 e. The van der Waals surface area contributed by atoms with Gasteiger partial charge in [-0.15, -0.1) is 0 Å². The minimum atomic E-state index is -0.310. The zero-order valence-corrected chi connectivity index (χ0v) is 11.0. The molecule has 2 atom stereocenters. The molecule has 0 N–H and O–H groups in total. The van der Waals surface area contributed by atoms with Gasteiger partial charge in [0.2, 0.25) is 0 Å². The molecule has 2 fully saturated rings. The van der Waals surface area contributed by atoms with Gasteiger partial charge in [-0.05, 0) is 58.8 Å². The standard InChI is InChI=1S/C14H14BrFO/c15-11-7-8(5-6-12(11)16)14(17)13-9-3-1-2-4-10(9)13/h5-7,9-10,13H,1-4H2. The van der Waals surface area contributed by atoms with Crippen molar-refractivity contribution in [3.8, 4) is 0 Å². The fraction of sp³-hybridized carbons (Fsp3) is 0.500. The van der Waals surface area contributed by atoms with E-state index in [1.54, 1.807) is 12.1 Å². The molecule has 90 valence electrons. The van der Waals surface area contributed by atoms with Gasteiger partial charge in [-0.3, -0.25) is 4.79 Å². The normalized spacial score (nSPS) is 30.8. The quantitative estimate of drug-likeness (QED) is 0.747. The van der Waals surface area contributed by atoms with Gasteiger partial charge >= 0.3 is 0 Å². The maximum Gasteiger partial charge on any atom is 0.166 e. The summed E-state index contributed by atoms with van der Waals surface area (Å²) in [4.78, 5) is 12.3. The second kappa shape index (κ2) is 4.20. The molecule has 2 unspecified atom stereocenters. The van der Waals surface area contributed by atoms with Crippen LogP contribution in [0.1, 0.15) is 36.0 Å². The summed E-state index contributed by atoms with van der Waals surface area (Å²) in [5, 5.41) is 0. The predicted molar refractivity (Wildman–Crippen MR) is 67.4 cm³/mol. The first-order chi connectivity index (χ1) is 8.18. The Morgan fingerprint density at radius 2 is 1.88 bits per heavy atom. The highest BCUT2D eigenvalue weighted by molar-refractivity contribution is 9.10. The Morgan fingerprint density at radius 1 is 1.24 bits per heavy atom. The van der Waals surface area contributed by atoms with Gasteiger partial charge in [0.15, 0.2) is 5.78 Å². The van der Waals surface area contributed by atoms with Crippen molar-refractivity contribution in [1.29, 1.82) is 0 Å². The zero-order valence-electron chi connectivity index (χ0n) is 9.46. The molecule has 2 aliphatic rings. The molecule has 1 aromatic rings. The fourth-order valence-electron chi connectivity index (χ4n) is 3.22. The third-order valence-electron chi connectivity index (χ3n) is 4.16. The Kier molecular flexibility index (Phi) is 2.81. The third kappa shape index (κ3) is 1.95. The number of benzene rings is 1. The molecule has 0 saturated heterocycles. The minimum absolute atomic E-state index is 0.211. The van der Waals surface area contributed by atoms with Gasteiger partial charge in [-0.1, -0.05) is 12.8 Å². The van der Waals surface area contributed by atoms with Crippen LogP contribution in [-0.4, -0.2) is 5.78 Å². The van der Waals surface area contributed by atoms with E-state index in [0.717, 1.165) is 0 Å². The van der Waals surface area contributed by atoms with E-state index in [9.17, 15) is 9.18 Å². The van der Waals surface area contributed by atoms with Crippen LogP contribution >= 0.6 is 15.9 Å². The number of Topliss-reactive ketones (excluding diaryl/α,β-unsaturated/α-hetero) is 1. The van der Waals surface area contributed by atoms with Crippen LogP contribution in [-0.2, 0) is 0 Å². The summed E-state index contributed by atoms with van der Waals surface area (Å²) in [5.41, 5.74) is 0.651. The molecule has 0 spiro atoms. The van der Waals surface area contributed by atoms with Crippen LogP contribution in [0.4, 0.5) is 4.39 Å². The molecule has 2 aliphatic carbocycles. The molecule has 0 aromatic heterocycles. The van der Waals surface area contributed by atoms with Gasteiger partial charge in [0, 0.05) is 11.5 Å². The van der Waals surface area contributed by atoms with Crippen molar-refractivity contribution >= 4 is 21.7 Å². The van der Waals surface area contributed by atoms with E-state index in [1.165, 1.54) is 31.7 Å². The van der Waals surface area contributed by atoms with E-state index in [2.05, 4.69) is 15.9 Å². The molecule has 0 heterocycles. The number of halogens is 2. The number of fused-ring (bicyclic) bond motifs is 1. The molecular weight excluding hydrogens is 283 g/mol. The largest absolute Gasteiger partial charge is 0.294 e. The lowest BCUT2D eigenvalue weighted by Crippen LogP contribution is -2.04. The molecule has 1 nitrogen and oxygen atoms in total. The first-order valence-corrected chi connectivity index (χ1v) is 6.97. The summed E-state index contributed by atoms with van der Waals surface area (Å²) < 4.78 is 13.5. The second-order valence-corrected chi connectivity index (χ2v) is 5.99. The Labute approximate surface area is 109 Å². The summed E-state index contributed by atoms with van der Waals surface area (Å²) in [6, 6.07) is 4.58. The molecular formula is C14H14BrFO. The van der Waals surface area contributed by atoms with Gasteiger partial charge in [0.05, 0.1) is 4.47 Å². The average molecular weight is 297 g/mol. The Bertz CT molecular complexity index is 459. The molecule has 1 aromatic carbocycles. The van der Waals surface area contributed by atoms with Crippen molar-refractivity contribution in [2.24, 2.45) is 17.8 Å². The number of rotatable bonds is 2. The molecule has 17 heavy (non-hydrogen) atoms. The lowest BCUT2D eigenvalue weighted by atomic mass is 10.0. The Morgan fingerprint density at radius 3 is 2.47 bits per heavy atom. The van der Waals surface area contributed by atoms with Crippen LogP contribution in [0.2, 0.25) is 0 Å². The molecule has 0 bridgehead atoms. The van der Waals surface area contributed by atoms with E-state index in [4.69, 9.17) is 0 Å². The molecule has 0 amide bonds. The van der Waals surface area contributed by atoms with Crippen LogP contribution in [0, 0.1) is 23.6 Å². The lowest BCUT2D eigenvalue weighted by Gasteiger charge is -2.04. The minimum Gasteiger partial charge on any atom is -0.294 e. The highest BCUT2D eigenvalue weighted by atomic mass is 79.9. The summed E-state index contributed by atoms with van der Waals surface area (Å²) in [6.45, 7) is 0. The van der Waals surface area contributed by atoms with Crippen LogP contribution in [0.5, 0.6) is 0 Å². The maximum absolute atomic E-state index is 13.1. The molecule has 0 radical (unpaired) electrons. The summed E-state index contributed by atoms with van der Waals surface area (Å²) in [6.07, 6.45) is 4.92. The molecule has 0 aliphatic heterocycles. The zero-order chi connectivity index (χ0) is 12.0. The Hall–Kier alpha value is -0.700. The Balaban J connectivity index is 1.80. The fourth-order valence-corrected chi connectivity index (χ4v) is 3.60. The number of ketones is 1. The van der Waals surface area contributed by atoms with Crippen molar-refractivity contribution in [1.82, 2.24) is 0 Å². The van der Waals surface area contributed by atoms with Gasteiger partial charge in [0.1, 0.15) is 5.82 Å². The SMILES string of the molecule is O=C(c1ccc(F)c(Br)c1)C1C2CCCCC21. The summed E-state index contributed by atoms with van der Waals surface area (Å²) >= 11 is 3.13. The van der Waals surface area contributed by atoms with Crippen molar-refractivity contribution in [2.75, 3.05) is 0 Å². The molecule has 3 rings (SSSR count). The van der Waals surface area contributed by atoms with Gasteiger partial charge in [-0.25, -0.2) is 4.39 Å². The summed E-state index contributed by atoms with van der Waals surface area (Å²) in [5.74, 6) is 1.34. The van der Waals surface area contributed by atoms with Crippen LogP contribution < -0.4 is 0 Å². The van der Waals surface area contributed by atoms with Crippen LogP contribution in [0.15, 0.2) is 22.7 Å². The van der Waals surface area contributed by atoms with Crippen molar-refractivity contribution in [3.63, 3.8) is 0 Å². The van der Waals surface area contributed by atoms with Gasteiger partial charge in [0.25, 0.3) is 0 Å². The van der Waals surface area contributed by atoms with Crippen LogP contribution in [0.25, 0.3) is 0 Å².